The summed E-state index contributed by atoms with van der Waals surface area (Å²) in [5.41, 5.74) is 0.751. The van der Waals surface area contributed by atoms with E-state index < -0.39 is 0 Å². The van der Waals surface area contributed by atoms with E-state index in [4.69, 9.17) is 21.6 Å². The number of halogens is 1. The highest BCUT2D eigenvalue weighted by molar-refractivity contribution is 6.31. The third-order valence-electron chi connectivity index (χ3n) is 7.15. The molecule has 0 bridgehead atoms. The van der Waals surface area contributed by atoms with Gasteiger partial charge in [0.15, 0.2) is 0 Å². The largest absolute Gasteiger partial charge is 0.490 e. The van der Waals surface area contributed by atoms with Gasteiger partial charge in [-0.3, -0.25) is 4.79 Å². The van der Waals surface area contributed by atoms with E-state index in [-0.39, 0.29) is 24.7 Å². The van der Waals surface area contributed by atoms with Gasteiger partial charge in [-0.2, -0.15) is 5.26 Å². The van der Waals surface area contributed by atoms with Crippen LogP contribution in [0.15, 0.2) is 30.6 Å². The maximum absolute atomic E-state index is 12.6. The van der Waals surface area contributed by atoms with Crippen LogP contribution in [0.1, 0.15) is 41.7 Å². The Kier molecular flexibility index (Phi) is 6.09. The predicted molar refractivity (Wildman–Crippen MR) is 122 cm³/mol. The molecule has 1 amide bonds. The summed E-state index contributed by atoms with van der Waals surface area (Å²) in [6.07, 6.45) is 6.53. The summed E-state index contributed by atoms with van der Waals surface area (Å²) in [6.45, 7) is 2.07. The van der Waals surface area contributed by atoms with Crippen molar-refractivity contribution in [3.63, 3.8) is 0 Å². The van der Waals surface area contributed by atoms with Crippen molar-refractivity contribution in [2.24, 2.45) is 17.8 Å². The van der Waals surface area contributed by atoms with Gasteiger partial charge in [0.05, 0.1) is 29.1 Å². The molecule has 8 nitrogen and oxygen atoms in total. The van der Waals surface area contributed by atoms with E-state index in [1.54, 1.807) is 30.6 Å². The fraction of sp³-hybridized carbons (Fsp3) is 0.500. The van der Waals surface area contributed by atoms with E-state index in [2.05, 4.69) is 20.2 Å². The lowest BCUT2D eigenvalue weighted by atomic mass is 9.93. The number of nitriles is 1. The predicted octanol–water partition coefficient (Wildman–Crippen LogP) is 2.80. The summed E-state index contributed by atoms with van der Waals surface area (Å²) < 4.78 is 6.01. The van der Waals surface area contributed by atoms with Crippen LogP contribution in [0.5, 0.6) is 5.75 Å². The number of ether oxygens (including phenoxy) is 1. The number of aromatic nitrogens is 2. The summed E-state index contributed by atoms with van der Waals surface area (Å²) in [5, 5.41) is 21.7. The summed E-state index contributed by atoms with van der Waals surface area (Å²) in [5.74, 6) is 2.81. The third kappa shape index (κ3) is 4.61. The molecule has 2 unspecified atom stereocenters. The van der Waals surface area contributed by atoms with Gasteiger partial charge in [0.1, 0.15) is 23.3 Å². The fourth-order valence-corrected chi connectivity index (χ4v) is 5.36. The number of aliphatic hydroxyl groups excluding tert-OH is 1. The highest BCUT2D eigenvalue weighted by Gasteiger charge is 2.55. The van der Waals surface area contributed by atoms with E-state index in [0.29, 0.717) is 39.8 Å². The second kappa shape index (κ2) is 9.16. The third-order valence-corrected chi connectivity index (χ3v) is 7.46. The Morgan fingerprint density at radius 1 is 1.21 bits per heavy atom. The van der Waals surface area contributed by atoms with Gasteiger partial charge in [-0.05, 0) is 55.6 Å². The van der Waals surface area contributed by atoms with Gasteiger partial charge in [-0.25, -0.2) is 9.97 Å². The van der Waals surface area contributed by atoms with Gasteiger partial charge in [0.25, 0.3) is 5.91 Å². The summed E-state index contributed by atoms with van der Waals surface area (Å²) >= 11 is 6.08. The smallest absolute Gasteiger partial charge is 0.271 e. The van der Waals surface area contributed by atoms with Crippen molar-refractivity contribution in [2.75, 3.05) is 24.6 Å². The lowest BCUT2D eigenvalue weighted by molar-refractivity contribution is 0.0888. The first-order valence-electron chi connectivity index (χ1n) is 11.4. The molecule has 2 atom stereocenters. The topological polar surface area (TPSA) is 111 Å². The number of amides is 1. The Morgan fingerprint density at radius 2 is 1.97 bits per heavy atom. The molecule has 3 aliphatic rings. The summed E-state index contributed by atoms with van der Waals surface area (Å²) in [4.78, 5) is 23.6. The number of piperidine rings is 1. The summed E-state index contributed by atoms with van der Waals surface area (Å²) in [6, 6.07) is 7.21. The first kappa shape index (κ1) is 21.9. The zero-order valence-electron chi connectivity index (χ0n) is 18.2. The van der Waals surface area contributed by atoms with Crippen LogP contribution in [0.4, 0.5) is 5.82 Å². The molecule has 2 N–H and O–H groups in total. The highest BCUT2D eigenvalue weighted by atomic mass is 35.5. The SMILES string of the molecule is N#Cc1ccc(OC2CCC(NC(=O)c3cnc(N4CC5C(CO)C5C4)cn3)CC2)cc1Cl. The Hall–Kier alpha value is -2.89. The average Bonchev–Trinajstić information content (AvgIpc) is 3.30. The van der Waals surface area contributed by atoms with Crippen LogP contribution in [0.3, 0.4) is 0 Å². The van der Waals surface area contributed by atoms with Crippen molar-refractivity contribution in [1.29, 1.82) is 5.26 Å². The standard InChI is InChI=1S/C24H26ClN5O3/c25-21-7-17(4-1-14(21)8-26)33-16-5-2-15(3-6-16)29-24(32)22-9-28-23(10-27-22)30-11-18-19(12-30)20(18)13-31/h1,4,7,9-10,15-16,18-20,31H,2-3,5-6,11-13H2,(H,29,32). The van der Waals surface area contributed by atoms with Crippen molar-refractivity contribution >= 4 is 23.3 Å². The van der Waals surface area contributed by atoms with Gasteiger partial charge in [0.2, 0.25) is 0 Å². The number of aliphatic hydroxyl groups is 1. The molecular weight excluding hydrogens is 442 g/mol. The second-order valence-corrected chi connectivity index (χ2v) is 9.56. The van der Waals surface area contributed by atoms with Crippen LogP contribution in [-0.4, -0.2) is 52.8 Å². The normalized spacial score (nSPS) is 28.0. The van der Waals surface area contributed by atoms with Gasteiger partial charge >= 0.3 is 0 Å². The van der Waals surface area contributed by atoms with Crippen molar-refractivity contribution in [3.05, 3.63) is 46.9 Å². The zero-order chi connectivity index (χ0) is 22.9. The molecule has 172 valence electrons. The summed E-state index contributed by atoms with van der Waals surface area (Å²) in [7, 11) is 0. The lowest BCUT2D eigenvalue weighted by Gasteiger charge is -2.29. The molecular formula is C24H26ClN5O3. The molecule has 5 rings (SSSR count). The van der Waals surface area contributed by atoms with E-state index in [1.165, 1.54) is 0 Å². The molecule has 1 aliphatic heterocycles. The Morgan fingerprint density at radius 3 is 2.58 bits per heavy atom. The number of carbonyl (C=O) groups is 1. The minimum Gasteiger partial charge on any atom is -0.490 e. The van der Waals surface area contributed by atoms with Crippen molar-refractivity contribution in [1.82, 2.24) is 15.3 Å². The zero-order valence-corrected chi connectivity index (χ0v) is 18.9. The van der Waals surface area contributed by atoms with Crippen molar-refractivity contribution in [3.8, 4) is 11.8 Å². The Bertz CT molecular complexity index is 1050. The number of hydrogen-bond acceptors (Lipinski definition) is 7. The molecule has 2 aromatic rings. The quantitative estimate of drug-likeness (QED) is 0.671. The number of benzene rings is 1. The number of anilines is 1. The number of nitrogens with zero attached hydrogens (tertiary/aromatic N) is 4. The molecule has 33 heavy (non-hydrogen) atoms. The van der Waals surface area contributed by atoms with E-state index in [1.807, 2.05) is 6.07 Å². The number of fused-ring (bicyclic) bond motifs is 1. The molecule has 1 saturated heterocycles. The van der Waals surface area contributed by atoms with Crippen LogP contribution >= 0.6 is 11.6 Å². The van der Waals surface area contributed by atoms with Crippen LogP contribution in [0, 0.1) is 29.1 Å². The number of rotatable bonds is 6. The molecule has 9 heteroatoms. The molecule has 2 aliphatic carbocycles. The van der Waals surface area contributed by atoms with E-state index in [0.717, 1.165) is 44.6 Å². The molecule has 0 radical (unpaired) electrons. The Labute approximate surface area is 197 Å². The minimum absolute atomic E-state index is 0.0540. The number of nitrogens with one attached hydrogen (secondary N) is 1. The molecule has 2 saturated carbocycles. The number of carbonyl (C=O) groups excluding carboxylic acids is 1. The van der Waals surface area contributed by atoms with Crippen LogP contribution in [0.2, 0.25) is 5.02 Å². The van der Waals surface area contributed by atoms with Crippen LogP contribution < -0.4 is 15.0 Å². The average molecular weight is 468 g/mol. The van der Waals surface area contributed by atoms with Gasteiger partial charge < -0.3 is 20.1 Å². The van der Waals surface area contributed by atoms with E-state index >= 15 is 0 Å². The van der Waals surface area contributed by atoms with Gasteiger partial charge in [-0.15, -0.1) is 0 Å². The minimum atomic E-state index is -0.207. The van der Waals surface area contributed by atoms with Gasteiger partial charge in [0, 0.05) is 31.8 Å². The highest BCUT2D eigenvalue weighted by Crippen LogP contribution is 2.51. The number of hydrogen-bond donors (Lipinski definition) is 2. The molecule has 3 fully saturated rings. The van der Waals surface area contributed by atoms with Crippen LogP contribution in [-0.2, 0) is 0 Å². The Balaban J connectivity index is 1.08. The van der Waals surface area contributed by atoms with Gasteiger partial charge in [-0.1, -0.05) is 11.6 Å². The fourth-order valence-electron chi connectivity index (χ4n) is 5.15. The first-order valence-corrected chi connectivity index (χ1v) is 11.8. The maximum Gasteiger partial charge on any atom is 0.271 e. The first-order chi connectivity index (χ1) is 16.1. The molecule has 1 aromatic heterocycles. The maximum atomic E-state index is 12.6. The molecule has 0 spiro atoms. The monoisotopic (exact) mass is 467 g/mol. The molecule has 1 aromatic carbocycles. The lowest BCUT2D eigenvalue weighted by Crippen LogP contribution is -2.40. The van der Waals surface area contributed by atoms with Crippen molar-refractivity contribution in [2.45, 2.75) is 37.8 Å². The van der Waals surface area contributed by atoms with Crippen molar-refractivity contribution < 1.29 is 14.6 Å². The van der Waals surface area contributed by atoms with E-state index in [9.17, 15) is 9.90 Å². The molecule has 2 heterocycles. The van der Waals surface area contributed by atoms with Crippen LogP contribution in [0.25, 0.3) is 0 Å². The second-order valence-electron chi connectivity index (χ2n) is 9.16.